The van der Waals surface area contributed by atoms with Crippen LogP contribution in [0.2, 0.25) is 0 Å². The maximum absolute atomic E-state index is 13.5. The number of amides is 1. The molecule has 0 aromatic carbocycles. The van der Waals surface area contributed by atoms with Gasteiger partial charge in [0, 0.05) is 12.7 Å². The number of hydrogen-bond acceptors (Lipinski definition) is 2. The van der Waals surface area contributed by atoms with Crippen LogP contribution < -0.4 is 4.90 Å². The van der Waals surface area contributed by atoms with Gasteiger partial charge in [0.2, 0.25) is 5.91 Å². The number of hydrogen-bond donors (Lipinski definition) is 0. The summed E-state index contributed by atoms with van der Waals surface area (Å²) < 4.78 is 40.4. The normalized spacial score (nSPS) is 20.0. The number of pyridine rings is 1. The van der Waals surface area contributed by atoms with Crippen molar-refractivity contribution in [1.82, 2.24) is 4.98 Å². The van der Waals surface area contributed by atoms with Crippen molar-refractivity contribution >= 4 is 11.7 Å². The highest BCUT2D eigenvalue weighted by Crippen LogP contribution is 2.35. The highest BCUT2D eigenvalue weighted by molar-refractivity contribution is 5.96. The van der Waals surface area contributed by atoms with E-state index in [0.717, 1.165) is 31.2 Å². The molecule has 2 aliphatic rings. The van der Waals surface area contributed by atoms with Crippen LogP contribution in [0.4, 0.5) is 19.0 Å². The first-order valence-corrected chi connectivity index (χ1v) is 8.95. The first-order chi connectivity index (χ1) is 12.0. The number of fused-ring (bicyclic) bond motifs is 1. The maximum Gasteiger partial charge on any atom is 0.400 e. The average Bonchev–Trinajstić information content (AvgIpc) is 3.02. The van der Waals surface area contributed by atoms with E-state index >= 15 is 0 Å². The molecule has 1 aliphatic carbocycles. The van der Waals surface area contributed by atoms with Crippen LogP contribution in [0.1, 0.15) is 44.1 Å². The van der Waals surface area contributed by atoms with Crippen LogP contribution in [0.5, 0.6) is 0 Å². The number of rotatable bonds is 4. The summed E-state index contributed by atoms with van der Waals surface area (Å²) in [4.78, 5) is 17.9. The predicted molar refractivity (Wildman–Crippen MR) is 90.2 cm³/mol. The van der Waals surface area contributed by atoms with Crippen LogP contribution in [0.25, 0.3) is 0 Å². The second-order valence-corrected chi connectivity index (χ2v) is 6.88. The van der Waals surface area contributed by atoms with Gasteiger partial charge in [-0.15, -0.1) is 0 Å². The van der Waals surface area contributed by atoms with Crippen molar-refractivity contribution in [3.05, 3.63) is 36.0 Å². The van der Waals surface area contributed by atoms with Crippen molar-refractivity contribution in [1.29, 1.82) is 0 Å². The first-order valence-electron chi connectivity index (χ1n) is 8.95. The standard InChI is InChI=1S/C19H23F3N2O/c20-19(21,22)16(10-4-8-14-6-2-1-3-7-14)18(25)24-13-11-15-9-5-12-23-17(15)24/h4-5,8-9,12,14,16H,1-3,6-7,10-11,13H2/b8-4+/t16-/m1/s1. The molecule has 1 saturated carbocycles. The van der Waals surface area contributed by atoms with Crippen molar-refractivity contribution < 1.29 is 18.0 Å². The van der Waals surface area contributed by atoms with Gasteiger partial charge in [-0.25, -0.2) is 4.98 Å². The van der Waals surface area contributed by atoms with E-state index < -0.39 is 18.0 Å². The molecule has 0 bridgehead atoms. The van der Waals surface area contributed by atoms with E-state index in [9.17, 15) is 18.0 Å². The van der Waals surface area contributed by atoms with Gasteiger partial charge in [-0.3, -0.25) is 9.69 Å². The Balaban J connectivity index is 1.70. The largest absolute Gasteiger partial charge is 0.400 e. The third-order valence-corrected chi connectivity index (χ3v) is 5.12. The highest BCUT2D eigenvalue weighted by atomic mass is 19.4. The summed E-state index contributed by atoms with van der Waals surface area (Å²) in [7, 11) is 0. The number of halogens is 3. The molecule has 1 aromatic heterocycles. The van der Waals surface area contributed by atoms with Gasteiger partial charge in [-0.05, 0) is 43.2 Å². The molecular weight excluding hydrogens is 329 g/mol. The van der Waals surface area contributed by atoms with Crippen LogP contribution in [0, 0.1) is 11.8 Å². The van der Waals surface area contributed by atoms with Gasteiger partial charge in [0.1, 0.15) is 11.7 Å². The minimum Gasteiger partial charge on any atom is -0.296 e. The Bertz CT molecular complexity index is 636. The molecule has 0 saturated heterocycles. The van der Waals surface area contributed by atoms with Crippen molar-refractivity contribution in [2.45, 2.75) is 51.1 Å². The number of aromatic nitrogens is 1. The number of allylic oxidation sites excluding steroid dienone is 2. The molecule has 6 heteroatoms. The van der Waals surface area contributed by atoms with Crippen LogP contribution in [0.3, 0.4) is 0 Å². The summed E-state index contributed by atoms with van der Waals surface area (Å²) >= 11 is 0. The molecule has 1 aromatic rings. The molecule has 3 rings (SSSR count). The Morgan fingerprint density at radius 1 is 1.32 bits per heavy atom. The van der Waals surface area contributed by atoms with Crippen LogP contribution in [-0.4, -0.2) is 23.6 Å². The fraction of sp³-hybridized carbons (Fsp3) is 0.579. The number of alkyl halides is 3. The lowest BCUT2D eigenvalue weighted by atomic mass is 9.88. The molecule has 0 N–H and O–H groups in total. The first kappa shape index (κ1) is 18.0. The van der Waals surface area contributed by atoms with E-state index in [0.29, 0.717) is 18.2 Å². The summed E-state index contributed by atoms with van der Waals surface area (Å²) in [5, 5.41) is 0. The molecule has 25 heavy (non-hydrogen) atoms. The van der Waals surface area contributed by atoms with Gasteiger partial charge in [0.25, 0.3) is 0 Å². The monoisotopic (exact) mass is 352 g/mol. The highest BCUT2D eigenvalue weighted by Gasteiger charge is 2.47. The Morgan fingerprint density at radius 2 is 2.08 bits per heavy atom. The third-order valence-electron chi connectivity index (χ3n) is 5.12. The smallest absolute Gasteiger partial charge is 0.296 e. The van der Waals surface area contributed by atoms with E-state index in [2.05, 4.69) is 4.98 Å². The van der Waals surface area contributed by atoms with Crippen LogP contribution >= 0.6 is 0 Å². The zero-order chi connectivity index (χ0) is 17.9. The SMILES string of the molecule is O=C([C@@H](C/C=C/C1CCCCC1)C(F)(F)F)N1CCc2cccnc21. The minimum absolute atomic E-state index is 0.268. The van der Waals surface area contributed by atoms with Gasteiger partial charge < -0.3 is 0 Å². The fourth-order valence-corrected chi connectivity index (χ4v) is 3.72. The summed E-state index contributed by atoms with van der Waals surface area (Å²) in [6, 6.07) is 3.54. The van der Waals surface area contributed by atoms with Gasteiger partial charge in [-0.1, -0.05) is 37.5 Å². The lowest BCUT2D eigenvalue weighted by Gasteiger charge is -2.24. The molecule has 136 valence electrons. The molecule has 2 heterocycles. The number of carbonyl (C=O) groups excluding carboxylic acids is 1. The van der Waals surface area contributed by atoms with Crippen molar-refractivity contribution in [2.24, 2.45) is 11.8 Å². The molecule has 0 radical (unpaired) electrons. The van der Waals surface area contributed by atoms with Gasteiger partial charge in [-0.2, -0.15) is 13.2 Å². The number of carbonyl (C=O) groups is 1. The Morgan fingerprint density at radius 3 is 2.80 bits per heavy atom. The van der Waals surface area contributed by atoms with Crippen LogP contribution in [-0.2, 0) is 11.2 Å². The quantitative estimate of drug-likeness (QED) is 0.738. The topological polar surface area (TPSA) is 33.2 Å². The predicted octanol–water partition coefficient (Wildman–Crippen LogP) is 4.68. The Kier molecular flexibility index (Phi) is 5.45. The molecular formula is C19H23F3N2O. The molecule has 3 nitrogen and oxygen atoms in total. The van der Waals surface area contributed by atoms with Crippen molar-refractivity contribution in [3.63, 3.8) is 0 Å². The Labute approximate surface area is 145 Å². The van der Waals surface area contributed by atoms with E-state index in [4.69, 9.17) is 0 Å². The van der Waals surface area contributed by atoms with Crippen LogP contribution in [0.15, 0.2) is 30.5 Å². The molecule has 1 aliphatic heterocycles. The fourth-order valence-electron chi connectivity index (χ4n) is 3.72. The maximum atomic E-state index is 13.5. The molecule has 1 amide bonds. The van der Waals surface area contributed by atoms with E-state index in [1.54, 1.807) is 18.2 Å². The minimum atomic E-state index is -4.55. The number of anilines is 1. The van der Waals surface area contributed by atoms with Gasteiger partial charge >= 0.3 is 6.18 Å². The summed E-state index contributed by atoms with van der Waals surface area (Å²) in [5.74, 6) is -2.16. The summed E-state index contributed by atoms with van der Waals surface area (Å²) in [6.45, 7) is 0.268. The molecule has 1 atom stereocenters. The number of nitrogens with zero attached hydrogens (tertiary/aromatic N) is 2. The summed E-state index contributed by atoms with van der Waals surface area (Å²) in [5.41, 5.74) is 0.828. The van der Waals surface area contributed by atoms with E-state index in [1.807, 2.05) is 6.08 Å². The van der Waals surface area contributed by atoms with Gasteiger partial charge in [0.05, 0.1) is 0 Å². The summed E-state index contributed by atoms with van der Waals surface area (Å²) in [6.07, 6.45) is 6.18. The van der Waals surface area contributed by atoms with E-state index in [-0.39, 0.29) is 13.0 Å². The Hall–Kier alpha value is -1.85. The zero-order valence-electron chi connectivity index (χ0n) is 14.1. The molecule has 1 fully saturated rings. The lowest BCUT2D eigenvalue weighted by molar-refractivity contribution is -0.180. The van der Waals surface area contributed by atoms with Gasteiger partial charge in [0.15, 0.2) is 0 Å². The molecule has 0 spiro atoms. The second kappa shape index (κ2) is 7.58. The lowest BCUT2D eigenvalue weighted by Crippen LogP contribution is -2.42. The van der Waals surface area contributed by atoms with Crippen molar-refractivity contribution in [2.75, 3.05) is 11.4 Å². The van der Waals surface area contributed by atoms with E-state index in [1.165, 1.54) is 17.5 Å². The van der Waals surface area contributed by atoms with Crippen molar-refractivity contribution in [3.8, 4) is 0 Å². The second-order valence-electron chi connectivity index (χ2n) is 6.88. The average molecular weight is 352 g/mol. The third kappa shape index (κ3) is 4.22. The molecule has 0 unspecified atom stereocenters. The zero-order valence-corrected chi connectivity index (χ0v) is 14.1.